The van der Waals surface area contributed by atoms with Gasteiger partial charge in [-0.1, -0.05) is 48.5 Å². The molecule has 0 spiro atoms. The van der Waals surface area contributed by atoms with Crippen LogP contribution >= 0.6 is 0 Å². The molecular formula is C16H16N2O2. The SMILES string of the molecule is CN(Cc1ccccc1)C(=O)C(=O)Nc1ccccc1. The molecule has 0 radical (unpaired) electrons. The van der Waals surface area contributed by atoms with Crippen LogP contribution in [0.3, 0.4) is 0 Å². The van der Waals surface area contributed by atoms with Crippen LogP contribution in [0.5, 0.6) is 0 Å². The highest BCUT2D eigenvalue weighted by molar-refractivity contribution is 6.39. The fraction of sp³-hybridized carbons (Fsp3) is 0.125. The average Bonchev–Trinajstić information content (AvgIpc) is 2.48. The van der Waals surface area contributed by atoms with Crippen molar-refractivity contribution in [3.8, 4) is 0 Å². The molecule has 1 N–H and O–H groups in total. The van der Waals surface area contributed by atoms with Crippen LogP contribution in [0.25, 0.3) is 0 Å². The minimum atomic E-state index is -0.630. The summed E-state index contributed by atoms with van der Waals surface area (Å²) in [5.74, 6) is -1.19. The molecule has 0 aliphatic heterocycles. The summed E-state index contributed by atoms with van der Waals surface area (Å²) in [5.41, 5.74) is 1.59. The van der Waals surface area contributed by atoms with E-state index < -0.39 is 11.8 Å². The Morgan fingerprint density at radius 3 is 2.10 bits per heavy atom. The summed E-state index contributed by atoms with van der Waals surface area (Å²) < 4.78 is 0. The highest BCUT2D eigenvalue weighted by Crippen LogP contribution is 2.07. The van der Waals surface area contributed by atoms with Crippen LogP contribution in [-0.4, -0.2) is 23.8 Å². The summed E-state index contributed by atoms with van der Waals surface area (Å²) in [5, 5.41) is 2.58. The number of amides is 2. The number of para-hydroxylation sites is 1. The van der Waals surface area contributed by atoms with Crippen molar-refractivity contribution in [3.05, 3.63) is 66.2 Å². The molecular weight excluding hydrogens is 252 g/mol. The molecule has 0 bridgehead atoms. The third-order valence-electron chi connectivity index (χ3n) is 2.84. The van der Waals surface area contributed by atoms with Gasteiger partial charge in [-0.05, 0) is 17.7 Å². The summed E-state index contributed by atoms with van der Waals surface area (Å²) >= 11 is 0. The Morgan fingerprint density at radius 1 is 0.950 bits per heavy atom. The minimum Gasteiger partial charge on any atom is -0.333 e. The Kier molecular flexibility index (Phi) is 4.50. The second-order valence-corrected chi connectivity index (χ2v) is 4.47. The van der Waals surface area contributed by atoms with E-state index in [9.17, 15) is 9.59 Å². The highest BCUT2D eigenvalue weighted by atomic mass is 16.2. The van der Waals surface area contributed by atoms with Crippen LogP contribution < -0.4 is 5.32 Å². The van der Waals surface area contributed by atoms with Gasteiger partial charge in [-0.3, -0.25) is 9.59 Å². The zero-order chi connectivity index (χ0) is 14.4. The zero-order valence-corrected chi connectivity index (χ0v) is 11.2. The molecule has 0 fully saturated rings. The predicted octanol–water partition coefficient (Wildman–Crippen LogP) is 2.28. The lowest BCUT2D eigenvalue weighted by Crippen LogP contribution is -2.36. The molecule has 2 aromatic carbocycles. The third-order valence-corrected chi connectivity index (χ3v) is 2.84. The summed E-state index contributed by atoms with van der Waals surface area (Å²) in [6.07, 6.45) is 0. The second kappa shape index (κ2) is 6.52. The van der Waals surface area contributed by atoms with E-state index in [1.165, 1.54) is 4.90 Å². The van der Waals surface area contributed by atoms with Gasteiger partial charge in [-0.15, -0.1) is 0 Å². The van der Waals surface area contributed by atoms with Crippen molar-refractivity contribution in [1.82, 2.24) is 4.90 Å². The second-order valence-electron chi connectivity index (χ2n) is 4.47. The average molecular weight is 268 g/mol. The summed E-state index contributed by atoms with van der Waals surface area (Å²) in [7, 11) is 1.61. The molecule has 0 unspecified atom stereocenters. The molecule has 4 nitrogen and oxygen atoms in total. The number of anilines is 1. The topological polar surface area (TPSA) is 49.4 Å². The third kappa shape index (κ3) is 3.68. The predicted molar refractivity (Wildman–Crippen MR) is 78.0 cm³/mol. The largest absolute Gasteiger partial charge is 0.333 e. The van der Waals surface area contributed by atoms with E-state index in [0.717, 1.165) is 5.56 Å². The number of carbonyl (C=O) groups is 2. The Hall–Kier alpha value is -2.62. The molecule has 102 valence electrons. The number of nitrogens with zero attached hydrogens (tertiary/aromatic N) is 1. The monoisotopic (exact) mass is 268 g/mol. The molecule has 2 aromatic rings. The van der Waals surface area contributed by atoms with Gasteiger partial charge in [0.1, 0.15) is 0 Å². The quantitative estimate of drug-likeness (QED) is 0.868. The van der Waals surface area contributed by atoms with Gasteiger partial charge in [0.2, 0.25) is 0 Å². The van der Waals surface area contributed by atoms with E-state index in [1.54, 1.807) is 31.3 Å². The van der Waals surface area contributed by atoms with Gasteiger partial charge in [0.15, 0.2) is 0 Å². The van der Waals surface area contributed by atoms with E-state index in [0.29, 0.717) is 12.2 Å². The van der Waals surface area contributed by atoms with Crippen molar-refractivity contribution in [2.24, 2.45) is 0 Å². The molecule has 0 saturated carbocycles. The van der Waals surface area contributed by atoms with E-state index >= 15 is 0 Å². The fourth-order valence-electron chi connectivity index (χ4n) is 1.81. The summed E-state index contributed by atoms with van der Waals surface area (Å²) in [4.78, 5) is 25.2. The van der Waals surface area contributed by atoms with Gasteiger partial charge in [0.05, 0.1) is 0 Å². The lowest BCUT2D eigenvalue weighted by Gasteiger charge is -2.16. The molecule has 0 aliphatic carbocycles. The van der Waals surface area contributed by atoms with Crippen molar-refractivity contribution >= 4 is 17.5 Å². The van der Waals surface area contributed by atoms with E-state index in [4.69, 9.17) is 0 Å². The van der Waals surface area contributed by atoms with E-state index in [-0.39, 0.29) is 0 Å². The summed E-state index contributed by atoms with van der Waals surface area (Å²) in [6, 6.07) is 18.5. The Morgan fingerprint density at radius 2 is 1.50 bits per heavy atom. The van der Waals surface area contributed by atoms with Crippen LogP contribution in [0.2, 0.25) is 0 Å². The number of hydrogen-bond acceptors (Lipinski definition) is 2. The normalized spacial score (nSPS) is 9.85. The number of likely N-dealkylation sites (N-methyl/N-ethyl adjacent to an activating group) is 1. The molecule has 0 heterocycles. The molecule has 0 aliphatic rings. The fourth-order valence-corrected chi connectivity index (χ4v) is 1.81. The highest BCUT2D eigenvalue weighted by Gasteiger charge is 2.18. The Balaban J connectivity index is 1.95. The maximum atomic E-state index is 12.0. The van der Waals surface area contributed by atoms with E-state index in [2.05, 4.69) is 5.32 Å². The smallest absolute Gasteiger partial charge is 0.313 e. The van der Waals surface area contributed by atoms with E-state index in [1.807, 2.05) is 36.4 Å². The number of carbonyl (C=O) groups excluding carboxylic acids is 2. The number of benzene rings is 2. The van der Waals surface area contributed by atoms with Gasteiger partial charge >= 0.3 is 11.8 Å². The zero-order valence-electron chi connectivity index (χ0n) is 11.2. The molecule has 2 amide bonds. The lowest BCUT2D eigenvalue weighted by atomic mass is 10.2. The van der Waals surface area contributed by atoms with Crippen molar-refractivity contribution in [2.75, 3.05) is 12.4 Å². The maximum Gasteiger partial charge on any atom is 0.313 e. The Labute approximate surface area is 118 Å². The standard InChI is InChI=1S/C16H16N2O2/c1-18(12-13-8-4-2-5-9-13)16(20)15(19)17-14-10-6-3-7-11-14/h2-11H,12H2,1H3,(H,17,19). The van der Waals surface area contributed by atoms with Crippen LogP contribution in [0, 0.1) is 0 Å². The lowest BCUT2D eigenvalue weighted by molar-refractivity contribution is -0.142. The van der Waals surface area contributed by atoms with Gasteiger partial charge < -0.3 is 10.2 Å². The van der Waals surface area contributed by atoms with Gasteiger partial charge in [-0.2, -0.15) is 0 Å². The van der Waals surface area contributed by atoms with Gasteiger partial charge in [0.25, 0.3) is 0 Å². The van der Waals surface area contributed by atoms with Crippen LogP contribution in [0.4, 0.5) is 5.69 Å². The maximum absolute atomic E-state index is 12.0. The molecule has 0 atom stereocenters. The van der Waals surface area contributed by atoms with Crippen molar-refractivity contribution in [3.63, 3.8) is 0 Å². The first-order chi connectivity index (χ1) is 9.66. The van der Waals surface area contributed by atoms with Crippen LogP contribution in [0.1, 0.15) is 5.56 Å². The minimum absolute atomic E-state index is 0.405. The van der Waals surface area contributed by atoms with Crippen molar-refractivity contribution in [2.45, 2.75) is 6.54 Å². The molecule has 20 heavy (non-hydrogen) atoms. The molecule has 4 heteroatoms. The first-order valence-electron chi connectivity index (χ1n) is 6.32. The van der Waals surface area contributed by atoms with Crippen LogP contribution in [0.15, 0.2) is 60.7 Å². The Bertz CT molecular complexity index is 582. The van der Waals surface area contributed by atoms with Gasteiger partial charge in [0, 0.05) is 19.3 Å². The molecule has 0 saturated heterocycles. The first kappa shape index (κ1) is 13.8. The van der Waals surface area contributed by atoms with Gasteiger partial charge in [-0.25, -0.2) is 0 Å². The van der Waals surface area contributed by atoms with Crippen LogP contribution in [-0.2, 0) is 16.1 Å². The molecule has 2 rings (SSSR count). The number of nitrogens with one attached hydrogen (secondary N) is 1. The number of hydrogen-bond donors (Lipinski definition) is 1. The molecule has 0 aromatic heterocycles. The van der Waals surface area contributed by atoms with Crippen molar-refractivity contribution in [1.29, 1.82) is 0 Å². The summed E-state index contributed by atoms with van der Waals surface area (Å²) in [6.45, 7) is 0.405. The van der Waals surface area contributed by atoms with Crippen molar-refractivity contribution < 1.29 is 9.59 Å². The first-order valence-corrected chi connectivity index (χ1v) is 6.32. The number of rotatable bonds is 3.